The molecule has 0 unspecified atom stereocenters. The lowest BCUT2D eigenvalue weighted by Gasteiger charge is -2.24. The highest BCUT2D eigenvalue weighted by Crippen LogP contribution is 2.23. The number of aromatic nitrogens is 1. The van der Waals surface area contributed by atoms with Gasteiger partial charge in [0.05, 0.1) is 0 Å². The summed E-state index contributed by atoms with van der Waals surface area (Å²) in [4.78, 5) is 6.84. The van der Waals surface area contributed by atoms with Crippen molar-refractivity contribution in [3.63, 3.8) is 0 Å². The molecule has 3 heteroatoms. The first-order valence-electron chi connectivity index (χ1n) is 7.18. The van der Waals surface area contributed by atoms with Crippen molar-refractivity contribution in [2.24, 2.45) is 0 Å². The van der Waals surface area contributed by atoms with E-state index in [4.69, 9.17) is 0 Å². The molecule has 1 heterocycles. The highest BCUT2D eigenvalue weighted by atomic mass is 15.1. The van der Waals surface area contributed by atoms with E-state index in [1.807, 2.05) is 6.20 Å². The maximum atomic E-state index is 4.35. The van der Waals surface area contributed by atoms with Crippen molar-refractivity contribution in [1.82, 2.24) is 9.88 Å². The number of hydrogen-bond acceptors (Lipinski definition) is 3. The maximum Gasteiger partial charge on any atom is 0.126 e. The van der Waals surface area contributed by atoms with Crippen LogP contribution < -0.4 is 5.32 Å². The Hall–Kier alpha value is -1.09. The molecule has 1 aromatic rings. The van der Waals surface area contributed by atoms with Crippen molar-refractivity contribution in [3.05, 3.63) is 23.9 Å². The Balaban J connectivity index is 1.91. The number of anilines is 1. The van der Waals surface area contributed by atoms with Gasteiger partial charge in [-0.2, -0.15) is 0 Å². The molecule has 1 fully saturated rings. The summed E-state index contributed by atoms with van der Waals surface area (Å²) in [6.45, 7) is 4.20. The zero-order chi connectivity index (χ0) is 12.8. The van der Waals surface area contributed by atoms with E-state index in [1.165, 1.54) is 31.2 Å². The predicted octanol–water partition coefficient (Wildman–Crippen LogP) is 3.28. The van der Waals surface area contributed by atoms with Crippen LogP contribution in [0.2, 0.25) is 0 Å². The summed E-state index contributed by atoms with van der Waals surface area (Å²) in [5.41, 5.74) is 1.36. The molecule has 18 heavy (non-hydrogen) atoms. The smallest absolute Gasteiger partial charge is 0.126 e. The van der Waals surface area contributed by atoms with Crippen LogP contribution in [0.25, 0.3) is 0 Å². The average Bonchev–Trinajstić information content (AvgIpc) is 2.91. The quantitative estimate of drug-likeness (QED) is 0.836. The lowest BCUT2D eigenvalue weighted by molar-refractivity contribution is 0.237. The molecule has 0 spiro atoms. The molecule has 0 aliphatic heterocycles. The van der Waals surface area contributed by atoms with Crippen LogP contribution in [0, 0.1) is 0 Å². The van der Waals surface area contributed by atoms with E-state index in [9.17, 15) is 0 Å². The van der Waals surface area contributed by atoms with Gasteiger partial charge < -0.3 is 5.32 Å². The topological polar surface area (TPSA) is 28.2 Å². The molecule has 0 radical (unpaired) electrons. The second kappa shape index (κ2) is 6.74. The van der Waals surface area contributed by atoms with Gasteiger partial charge in [-0.15, -0.1) is 0 Å². The van der Waals surface area contributed by atoms with E-state index < -0.39 is 0 Å². The Morgan fingerprint density at radius 2 is 2.17 bits per heavy atom. The minimum Gasteiger partial charge on any atom is -0.370 e. The summed E-state index contributed by atoms with van der Waals surface area (Å²) in [7, 11) is 2.25. The fraction of sp³-hybridized carbons (Fsp3) is 0.667. The molecule has 1 aliphatic rings. The standard InChI is InChI=1S/C15H25N3/c1-3-9-16-15-11-13(8-10-17-15)12-18(2)14-6-4-5-7-14/h8,10-11,14H,3-7,9,12H2,1-2H3,(H,16,17). The molecule has 0 atom stereocenters. The minimum absolute atomic E-state index is 0.783. The van der Waals surface area contributed by atoms with Gasteiger partial charge in [-0.05, 0) is 44.0 Å². The second-order valence-corrected chi connectivity index (χ2v) is 5.33. The van der Waals surface area contributed by atoms with E-state index in [0.717, 1.165) is 31.4 Å². The maximum absolute atomic E-state index is 4.35. The number of nitrogens with one attached hydrogen (secondary N) is 1. The first kappa shape index (κ1) is 13.3. The Morgan fingerprint density at radius 1 is 1.39 bits per heavy atom. The summed E-state index contributed by atoms with van der Waals surface area (Å²) < 4.78 is 0. The van der Waals surface area contributed by atoms with Crippen molar-refractivity contribution in [3.8, 4) is 0 Å². The molecule has 1 aromatic heterocycles. The van der Waals surface area contributed by atoms with Gasteiger partial charge in [0, 0.05) is 25.3 Å². The summed E-state index contributed by atoms with van der Waals surface area (Å²) in [6.07, 6.45) is 8.57. The van der Waals surface area contributed by atoms with Crippen LogP contribution in [0.5, 0.6) is 0 Å². The van der Waals surface area contributed by atoms with Crippen LogP contribution in [0.1, 0.15) is 44.6 Å². The summed E-state index contributed by atoms with van der Waals surface area (Å²) in [5, 5.41) is 3.35. The molecule has 1 N–H and O–H groups in total. The fourth-order valence-corrected chi connectivity index (χ4v) is 2.68. The molecule has 0 amide bonds. The van der Waals surface area contributed by atoms with Crippen molar-refractivity contribution in [2.45, 2.75) is 51.6 Å². The van der Waals surface area contributed by atoms with Crippen LogP contribution in [0.4, 0.5) is 5.82 Å². The predicted molar refractivity (Wildman–Crippen MR) is 76.7 cm³/mol. The van der Waals surface area contributed by atoms with Gasteiger partial charge in [0.15, 0.2) is 0 Å². The Labute approximate surface area is 111 Å². The highest BCUT2D eigenvalue weighted by molar-refractivity contribution is 5.37. The van der Waals surface area contributed by atoms with Gasteiger partial charge in [-0.3, -0.25) is 4.90 Å². The Morgan fingerprint density at radius 3 is 2.89 bits per heavy atom. The summed E-state index contributed by atoms with van der Waals surface area (Å²) in [5.74, 6) is 1.01. The molecular weight excluding hydrogens is 222 g/mol. The van der Waals surface area contributed by atoms with Crippen LogP contribution in [-0.2, 0) is 6.54 Å². The number of hydrogen-bond donors (Lipinski definition) is 1. The van der Waals surface area contributed by atoms with Gasteiger partial charge in [0.1, 0.15) is 5.82 Å². The van der Waals surface area contributed by atoms with Gasteiger partial charge in [-0.25, -0.2) is 4.98 Å². The van der Waals surface area contributed by atoms with Gasteiger partial charge in [-0.1, -0.05) is 19.8 Å². The van der Waals surface area contributed by atoms with Gasteiger partial charge in [0.2, 0.25) is 0 Å². The SMILES string of the molecule is CCCNc1cc(CN(C)C2CCCC2)ccn1. The Bertz CT molecular complexity index is 359. The number of nitrogens with zero attached hydrogens (tertiary/aromatic N) is 2. The first-order valence-corrected chi connectivity index (χ1v) is 7.18. The normalized spacial score (nSPS) is 16.4. The summed E-state index contributed by atoms with van der Waals surface area (Å²) >= 11 is 0. The van der Waals surface area contributed by atoms with Gasteiger partial charge >= 0.3 is 0 Å². The molecule has 0 bridgehead atoms. The lowest BCUT2D eigenvalue weighted by Crippen LogP contribution is -2.28. The molecule has 3 nitrogen and oxygen atoms in total. The molecule has 0 saturated heterocycles. The molecular formula is C15H25N3. The average molecular weight is 247 g/mol. The third-order valence-corrected chi connectivity index (χ3v) is 3.76. The van der Waals surface area contributed by atoms with Crippen molar-refractivity contribution < 1.29 is 0 Å². The molecule has 1 saturated carbocycles. The molecule has 0 aromatic carbocycles. The third-order valence-electron chi connectivity index (χ3n) is 3.76. The van der Waals surface area contributed by atoms with E-state index in [2.05, 4.69) is 41.3 Å². The van der Waals surface area contributed by atoms with Crippen molar-refractivity contribution in [1.29, 1.82) is 0 Å². The van der Waals surface area contributed by atoms with Crippen LogP contribution in [0.15, 0.2) is 18.3 Å². The number of rotatable bonds is 6. The largest absolute Gasteiger partial charge is 0.370 e. The first-order chi connectivity index (χ1) is 8.79. The van der Waals surface area contributed by atoms with Gasteiger partial charge in [0.25, 0.3) is 0 Å². The Kier molecular flexibility index (Phi) is 5.00. The van der Waals surface area contributed by atoms with Crippen LogP contribution >= 0.6 is 0 Å². The zero-order valence-electron chi connectivity index (χ0n) is 11.7. The lowest BCUT2D eigenvalue weighted by atomic mass is 10.2. The molecule has 2 rings (SSSR count). The fourth-order valence-electron chi connectivity index (χ4n) is 2.68. The van der Waals surface area contributed by atoms with Crippen molar-refractivity contribution in [2.75, 3.05) is 18.9 Å². The highest BCUT2D eigenvalue weighted by Gasteiger charge is 2.19. The second-order valence-electron chi connectivity index (χ2n) is 5.33. The van der Waals surface area contributed by atoms with Crippen LogP contribution in [0.3, 0.4) is 0 Å². The van der Waals surface area contributed by atoms with Crippen LogP contribution in [-0.4, -0.2) is 29.5 Å². The molecule has 100 valence electrons. The van der Waals surface area contributed by atoms with E-state index >= 15 is 0 Å². The van der Waals surface area contributed by atoms with Crippen molar-refractivity contribution >= 4 is 5.82 Å². The van der Waals surface area contributed by atoms with E-state index in [-0.39, 0.29) is 0 Å². The third kappa shape index (κ3) is 3.70. The van der Waals surface area contributed by atoms with E-state index in [1.54, 1.807) is 0 Å². The molecule has 1 aliphatic carbocycles. The monoisotopic (exact) mass is 247 g/mol. The minimum atomic E-state index is 0.783. The number of pyridine rings is 1. The van der Waals surface area contributed by atoms with E-state index in [0.29, 0.717) is 0 Å². The zero-order valence-corrected chi connectivity index (χ0v) is 11.7. The summed E-state index contributed by atoms with van der Waals surface area (Å²) in [6, 6.07) is 5.09.